The first-order chi connectivity index (χ1) is 8.60. The molecule has 0 spiro atoms. The minimum atomic E-state index is -0.421. The molecule has 6 nitrogen and oxygen atoms in total. The standard InChI is InChI=1S/C12H15N5O/c1-8-4-9(12(14)18)2-3-10(8)6-17-7-15-11(5-13)16-17/h2-4,7H,5-6,13H2,1H3,(H2,14,18). The summed E-state index contributed by atoms with van der Waals surface area (Å²) in [6, 6.07) is 5.36. The Labute approximate surface area is 105 Å². The monoisotopic (exact) mass is 245 g/mol. The number of hydrogen-bond acceptors (Lipinski definition) is 4. The number of carbonyl (C=O) groups excluding carboxylic acids is 1. The highest BCUT2D eigenvalue weighted by Crippen LogP contribution is 2.12. The second-order valence-corrected chi connectivity index (χ2v) is 4.07. The van der Waals surface area contributed by atoms with Crippen molar-refractivity contribution in [1.29, 1.82) is 0 Å². The highest BCUT2D eigenvalue weighted by molar-refractivity contribution is 5.93. The Morgan fingerprint density at radius 1 is 1.44 bits per heavy atom. The van der Waals surface area contributed by atoms with Crippen LogP contribution in [0.5, 0.6) is 0 Å². The summed E-state index contributed by atoms with van der Waals surface area (Å²) >= 11 is 0. The highest BCUT2D eigenvalue weighted by Gasteiger charge is 2.06. The smallest absolute Gasteiger partial charge is 0.248 e. The van der Waals surface area contributed by atoms with Gasteiger partial charge in [-0.25, -0.2) is 9.67 Å². The van der Waals surface area contributed by atoms with E-state index >= 15 is 0 Å². The maximum absolute atomic E-state index is 11.0. The summed E-state index contributed by atoms with van der Waals surface area (Å²) in [5, 5.41) is 4.21. The number of aryl methyl sites for hydroxylation is 1. The summed E-state index contributed by atoms with van der Waals surface area (Å²) in [6.45, 7) is 2.85. The Morgan fingerprint density at radius 3 is 2.78 bits per heavy atom. The average molecular weight is 245 g/mol. The molecule has 4 N–H and O–H groups in total. The molecule has 0 atom stereocenters. The van der Waals surface area contributed by atoms with Crippen LogP contribution in [0.2, 0.25) is 0 Å². The van der Waals surface area contributed by atoms with Crippen molar-refractivity contribution in [1.82, 2.24) is 14.8 Å². The van der Waals surface area contributed by atoms with Gasteiger partial charge >= 0.3 is 0 Å². The molecule has 94 valence electrons. The van der Waals surface area contributed by atoms with Gasteiger partial charge in [0, 0.05) is 5.56 Å². The van der Waals surface area contributed by atoms with Gasteiger partial charge in [-0.1, -0.05) is 6.07 Å². The molecule has 0 fully saturated rings. The maximum atomic E-state index is 11.0. The number of amides is 1. The van der Waals surface area contributed by atoms with Gasteiger partial charge in [0.2, 0.25) is 5.91 Å². The number of nitrogens with zero attached hydrogens (tertiary/aromatic N) is 3. The SMILES string of the molecule is Cc1cc(C(N)=O)ccc1Cn1cnc(CN)n1. The highest BCUT2D eigenvalue weighted by atomic mass is 16.1. The largest absolute Gasteiger partial charge is 0.366 e. The third kappa shape index (κ3) is 2.54. The van der Waals surface area contributed by atoms with Crippen LogP contribution in [0.1, 0.15) is 27.3 Å². The quantitative estimate of drug-likeness (QED) is 0.803. The zero-order valence-corrected chi connectivity index (χ0v) is 10.1. The molecule has 2 aromatic rings. The van der Waals surface area contributed by atoms with Crippen LogP contribution in [0.4, 0.5) is 0 Å². The van der Waals surface area contributed by atoms with E-state index in [2.05, 4.69) is 10.1 Å². The molecule has 1 heterocycles. The van der Waals surface area contributed by atoms with Crippen molar-refractivity contribution in [2.24, 2.45) is 11.5 Å². The van der Waals surface area contributed by atoms with Gasteiger partial charge in [-0.2, -0.15) is 5.10 Å². The van der Waals surface area contributed by atoms with Gasteiger partial charge in [0.05, 0.1) is 13.1 Å². The van der Waals surface area contributed by atoms with E-state index in [-0.39, 0.29) is 0 Å². The molecule has 0 aliphatic heterocycles. The Kier molecular flexibility index (Phi) is 3.38. The molecule has 0 saturated carbocycles. The van der Waals surface area contributed by atoms with Crippen molar-refractivity contribution in [2.75, 3.05) is 0 Å². The van der Waals surface area contributed by atoms with Crippen molar-refractivity contribution in [3.8, 4) is 0 Å². The van der Waals surface area contributed by atoms with Crippen molar-refractivity contribution >= 4 is 5.91 Å². The number of hydrogen-bond donors (Lipinski definition) is 2. The molecular weight excluding hydrogens is 230 g/mol. The zero-order chi connectivity index (χ0) is 13.1. The topological polar surface area (TPSA) is 99.8 Å². The number of primary amides is 1. The van der Waals surface area contributed by atoms with Crippen LogP contribution in [-0.4, -0.2) is 20.7 Å². The molecule has 1 amide bonds. The molecule has 0 aliphatic rings. The first kappa shape index (κ1) is 12.3. The third-order valence-electron chi connectivity index (χ3n) is 2.73. The lowest BCUT2D eigenvalue weighted by molar-refractivity contribution is 0.1000. The van der Waals surface area contributed by atoms with Crippen LogP contribution < -0.4 is 11.5 Å². The van der Waals surface area contributed by atoms with E-state index in [1.165, 1.54) is 0 Å². The summed E-state index contributed by atoms with van der Waals surface area (Å²) in [6.07, 6.45) is 1.64. The molecule has 1 aromatic carbocycles. The van der Waals surface area contributed by atoms with Crippen LogP contribution in [0.15, 0.2) is 24.5 Å². The Morgan fingerprint density at radius 2 is 2.22 bits per heavy atom. The maximum Gasteiger partial charge on any atom is 0.248 e. The second-order valence-electron chi connectivity index (χ2n) is 4.07. The zero-order valence-electron chi connectivity index (χ0n) is 10.1. The molecule has 1 aromatic heterocycles. The van der Waals surface area contributed by atoms with Crippen LogP contribution in [0.25, 0.3) is 0 Å². The van der Waals surface area contributed by atoms with E-state index in [1.54, 1.807) is 23.1 Å². The van der Waals surface area contributed by atoms with Gasteiger partial charge in [-0.15, -0.1) is 0 Å². The van der Waals surface area contributed by atoms with E-state index in [4.69, 9.17) is 11.5 Å². The third-order valence-corrected chi connectivity index (χ3v) is 2.73. The predicted molar refractivity (Wildman–Crippen MR) is 66.7 cm³/mol. The van der Waals surface area contributed by atoms with E-state index in [9.17, 15) is 4.79 Å². The van der Waals surface area contributed by atoms with Crippen LogP contribution in [0, 0.1) is 6.92 Å². The Bertz CT molecular complexity index is 576. The number of carbonyl (C=O) groups is 1. The van der Waals surface area contributed by atoms with Gasteiger partial charge in [0.25, 0.3) is 0 Å². The predicted octanol–water partition coefficient (Wildman–Crippen LogP) is 0.192. The van der Waals surface area contributed by atoms with Crippen LogP contribution >= 0.6 is 0 Å². The number of aromatic nitrogens is 3. The molecule has 0 aliphatic carbocycles. The Hall–Kier alpha value is -2.21. The fourth-order valence-electron chi connectivity index (χ4n) is 1.70. The number of benzene rings is 1. The Balaban J connectivity index is 2.21. The first-order valence-corrected chi connectivity index (χ1v) is 5.58. The van der Waals surface area contributed by atoms with Crippen molar-refractivity contribution in [3.63, 3.8) is 0 Å². The van der Waals surface area contributed by atoms with Gasteiger partial charge in [0.15, 0.2) is 5.82 Å². The molecule has 2 rings (SSSR count). The lowest BCUT2D eigenvalue weighted by atomic mass is 10.0. The number of nitrogens with two attached hydrogens (primary N) is 2. The normalized spacial score (nSPS) is 10.6. The number of rotatable bonds is 4. The molecule has 0 saturated heterocycles. The fourth-order valence-corrected chi connectivity index (χ4v) is 1.70. The average Bonchev–Trinajstić information content (AvgIpc) is 2.79. The minimum absolute atomic E-state index is 0.326. The van der Waals surface area contributed by atoms with E-state index in [0.29, 0.717) is 24.5 Å². The van der Waals surface area contributed by atoms with Gasteiger partial charge in [0.1, 0.15) is 6.33 Å². The minimum Gasteiger partial charge on any atom is -0.366 e. The molecule has 6 heteroatoms. The van der Waals surface area contributed by atoms with Gasteiger partial charge < -0.3 is 11.5 Å². The second kappa shape index (κ2) is 4.97. The van der Waals surface area contributed by atoms with Crippen LogP contribution in [-0.2, 0) is 13.1 Å². The summed E-state index contributed by atoms with van der Waals surface area (Å²) in [5.74, 6) is 0.192. The lowest BCUT2D eigenvalue weighted by Crippen LogP contribution is -2.12. The van der Waals surface area contributed by atoms with E-state index < -0.39 is 5.91 Å². The molecule has 0 bridgehead atoms. The summed E-state index contributed by atoms with van der Waals surface area (Å²) < 4.78 is 1.72. The fraction of sp³-hybridized carbons (Fsp3) is 0.250. The van der Waals surface area contributed by atoms with Crippen molar-refractivity contribution < 1.29 is 4.79 Å². The summed E-state index contributed by atoms with van der Waals surface area (Å²) in [7, 11) is 0. The van der Waals surface area contributed by atoms with Gasteiger partial charge in [-0.05, 0) is 30.2 Å². The molecule has 0 unspecified atom stereocenters. The molecule has 18 heavy (non-hydrogen) atoms. The summed E-state index contributed by atoms with van der Waals surface area (Å²) in [5.41, 5.74) is 13.2. The first-order valence-electron chi connectivity index (χ1n) is 5.58. The van der Waals surface area contributed by atoms with Crippen molar-refractivity contribution in [3.05, 3.63) is 47.0 Å². The lowest BCUT2D eigenvalue weighted by Gasteiger charge is -2.06. The van der Waals surface area contributed by atoms with Crippen molar-refractivity contribution in [2.45, 2.75) is 20.0 Å². The van der Waals surface area contributed by atoms with E-state index in [0.717, 1.165) is 11.1 Å². The van der Waals surface area contributed by atoms with E-state index in [1.807, 2.05) is 13.0 Å². The molecule has 0 radical (unpaired) electrons. The molecular formula is C12H15N5O. The van der Waals surface area contributed by atoms with Gasteiger partial charge in [-0.3, -0.25) is 4.79 Å². The summed E-state index contributed by atoms with van der Waals surface area (Å²) in [4.78, 5) is 15.1. The van der Waals surface area contributed by atoms with Crippen LogP contribution in [0.3, 0.4) is 0 Å².